The number of hydrogen-bond donors (Lipinski definition) is 4. The lowest BCUT2D eigenvalue weighted by atomic mass is 10.0. The van der Waals surface area contributed by atoms with E-state index in [1.807, 2.05) is 27.7 Å². The Balaban J connectivity index is 0.000000157. The van der Waals surface area contributed by atoms with Gasteiger partial charge in [-0.15, -0.1) is 23.4 Å². The van der Waals surface area contributed by atoms with Crippen LogP contribution in [0.25, 0.3) is 44.6 Å². The van der Waals surface area contributed by atoms with Gasteiger partial charge in [0.2, 0.25) is 34.4 Å². The summed E-state index contributed by atoms with van der Waals surface area (Å²) in [5, 5.41) is 25.6. The first-order valence-corrected chi connectivity index (χ1v) is 44.2. The number of nitrogens with zero attached hydrogens (tertiary/aromatic N) is 12. The molecule has 0 bridgehead atoms. The van der Waals surface area contributed by atoms with Gasteiger partial charge in [-0.2, -0.15) is 20.4 Å². The molecule has 140 heavy (non-hydrogen) atoms. The van der Waals surface area contributed by atoms with Crippen molar-refractivity contribution in [1.29, 1.82) is 0 Å². The van der Waals surface area contributed by atoms with Gasteiger partial charge in [-0.3, -0.25) is 47.7 Å². The van der Waals surface area contributed by atoms with Crippen molar-refractivity contribution in [2.45, 2.75) is 78.6 Å². The van der Waals surface area contributed by atoms with Crippen LogP contribution in [0.4, 0.5) is 40.3 Å². The summed E-state index contributed by atoms with van der Waals surface area (Å²) in [6, 6.07) is 54.7. The van der Waals surface area contributed by atoms with Gasteiger partial charge in [0.25, 0.3) is 0 Å². The normalized spacial score (nSPS) is 10.8. The molecule has 0 unspecified atom stereocenters. The predicted octanol–water partition coefficient (Wildman–Crippen LogP) is 21.1. The lowest BCUT2D eigenvalue weighted by molar-refractivity contribution is 0.0976. The summed E-state index contributed by atoms with van der Waals surface area (Å²) >= 11 is 24.5. The number of ether oxygens (including phenoxy) is 4. The molecular formula is C104H84Cl4F4N16O12. The second-order valence-electron chi connectivity index (χ2n) is 31.6. The molecule has 0 saturated heterocycles. The summed E-state index contributed by atoms with van der Waals surface area (Å²) in [7, 11) is 0. The summed E-state index contributed by atoms with van der Waals surface area (Å²) < 4.78 is 82.5. The Morgan fingerprint density at radius 3 is 1.11 bits per heavy atom. The van der Waals surface area contributed by atoms with Gasteiger partial charge in [-0.05, 0) is 177 Å². The van der Waals surface area contributed by atoms with Crippen LogP contribution in [-0.4, -0.2) is 82.2 Å². The van der Waals surface area contributed by atoms with Crippen molar-refractivity contribution in [1.82, 2.24) is 59.1 Å². The fraction of sp³-hybridized carbons (Fsp3) is 0.115. The Kier molecular flexibility index (Phi) is 33.3. The minimum Gasteiger partial charge on any atom is -0.437 e. The SMILES string of the molecule is C=CCn1cc(C(=O)Cc2ccc(Oc3cccc(N)c3Cl)nc2)c(=O)c(-c2ccc(F)cc2)c1.C=CCn1cc(C(=O)Cc2ccc(Oc3cccc(N)c3Cl)nc2)c(=O)c(-c2ccc(F)cc2)n1.CC(C)n1cc(-c2ccc(F)cc2)c(=O)c(C(=O)Cc2ccc(Oc3cccc(N)c3Cl)nn2)n1.CC(C)n1cc(C(=O)Cc2ccc(Oc3cccc(N)c3Cl)nn2)c(=O)c(-c2ccc(F)cc2)c1. The predicted molar refractivity (Wildman–Crippen MR) is 530 cm³/mol. The average Bonchev–Trinajstić information content (AvgIpc) is 0.761. The largest absolute Gasteiger partial charge is 0.437 e. The number of nitrogen functional groups attached to an aromatic ring is 4. The fourth-order valence-corrected chi connectivity index (χ4v) is 14.1. The number of carbonyl (C=O) groups is 4. The third kappa shape index (κ3) is 25.7. The van der Waals surface area contributed by atoms with Gasteiger partial charge in [-0.1, -0.05) is 131 Å². The van der Waals surface area contributed by atoms with E-state index in [1.165, 1.54) is 143 Å². The molecule has 0 aliphatic heterocycles. The number of benzene rings is 8. The topological polar surface area (TPSA) is 400 Å². The van der Waals surface area contributed by atoms with E-state index in [4.69, 9.17) is 88.3 Å². The van der Waals surface area contributed by atoms with Gasteiger partial charge in [0.15, 0.2) is 39.7 Å². The van der Waals surface area contributed by atoms with Crippen LogP contribution in [0.1, 0.15) is 104 Å². The first-order chi connectivity index (χ1) is 67.1. The minimum atomic E-state index is -0.539. The highest BCUT2D eigenvalue weighted by Crippen LogP contribution is 2.38. The van der Waals surface area contributed by atoms with E-state index in [0.717, 1.165) is 0 Å². The van der Waals surface area contributed by atoms with Gasteiger partial charge in [0.1, 0.15) is 72.1 Å². The van der Waals surface area contributed by atoms with Gasteiger partial charge >= 0.3 is 0 Å². The van der Waals surface area contributed by atoms with Crippen molar-refractivity contribution in [2.75, 3.05) is 22.9 Å². The third-order valence-electron chi connectivity index (χ3n) is 20.8. The summed E-state index contributed by atoms with van der Waals surface area (Å²) in [4.78, 5) is 113. The van der Waals surface area contributed by atoms with Gasteiger partial charge in [0, 0.05) is 128 Å². The number of anilines is 4. The highest BCUT2D eigenvalue weighted by Gasteiger charge is 2.26. The molecule has 16 rings (SSSR count). The number of ketones is 4. The molecule has 0 spiro atoms. The highest BCUT2D eigenvalue weighted by atomic mass is 35.5. The van der Waals surface area contributed by atoms with Crippen LogP contribution in [0, 0.1) is 23.3 Å². The molecule has 0 aliphatic carbocycles. The summed E-state index contributed by atoms with van der Waals surface area (Å²) in [5.41, 5.74) is 27.2. The number of hydrogen-bond acceptors (Lipinski definition) is 24. The molecule has 0 saturated carbocycles. The number of rotatable bonds is 30. The number of Topliss-reactive ketones (excluding diaryl/α,β-unsaturated/α-hetero) is 4. The number of pyridine rings is 4. The van der Waals surface area contributed by atoms with E-state index in [2.05, 4.69) is 53.7 Å². The van der Waals surface area contributed by atoms with E-state index in [0.29, 0.717) is 108 Å². The maximum absolute atomic E-state index is 13.4. The number of halogens is 8. The maximum atomic E-state index is 13.4. The van der Waals surface area contributed by atoms with Gasteiger partial charge < -0.3 is 51.0 Å². The number of nitrogens with two attached hydrogens (primary N) is 4. The van der Waals surface area contributed by atoms with Crippen molar-refractivity contribution in [3.63, 3.8) is 0 Å². The van der Waals surface area contributed by atoms with Crippen LogP contribution < -0.4 is 63.6 Å². The van der Waals surface area contributed by atoms with Crippen LogP contribution in [0.3, 0.4) is 0 Å². The Morgan fingerprint density at radius 2 is 0.736 bits per heavy atom. The zero-order valence-corrected chi connectivity index (χ0v) is 78.0. The molecule has 0 atom stereocenters. The average molecular weight is 1970 g/mol. The Morgan fingerprint density at radius 1 is 0.371 bits per heavy atom. The molecule has 8 heterocycles. The monoisotopic (exact) mass is 1960 g/mol. The number of aromatic nitrogens is 12. The molecule has 0 radical (unpaired) electrons. The van der Waals surface area contributed by atoms with Crippen molar-refractivity contribution in [2.24, 2.45) is 0 Å². The fourth-order valence-electron chi connectivity index (χ4n) is 13.5. The lowest BCUT2D eigenvalue weighted by Crippen LogP contribution is -2.25. The van der Waals surface area contributed by atoms with E-state index < -0.39 is 62.3 Å². The van der Waals surface area contributed by atoms with Gasteiger partial charge in [-0.25, -0.2) is 27.5 Å². The molecule has 708 valence electrons. The maximum Gasteiger partial charge on any atom is 0.238 e. The van der Waals surface area contributed by atoms with E-state index in [1.54, 1.807) is 155 Å². The molecule has 28 nitrogen and oxygen atoms in total. The molecule has 8 N–H and O–H groups in total. The van der Waals surface area contributed by atoms with Crippen LogP contribution in [0.15, 0.2) is 312 Å². The van der Waals surface area contributed by atoms with E-state index in [-0.39, 0.29) is 127 Å². The molecule has 16 aromatic rings. The number of allylic oxidation sites excluding steroid dienone is 2. The molecule has 0 aliphatic rings. The van der Waals surface area contributed by atoms with E-state index >= 15 is 0 Å². The molecule has 0 fully saturated rings. The van der Waals surface area contributed by atoms with Crippen molar-refractivity contribution < 1.29 is 55.7 Å². The highest BCUT2D eigenvalue weighted by molar-refractivity contribution is 6.35. The third-order valence-corrected chi connectivity index (χ3v) is 22.4. The van der Waals surface area contributed by atoms with Crippen molar-refractivity contribution >= 4 is 92.3 Å². The Bertz CT molecular complexity index is 7110. The molecule has 0 amide bonds. The lowest BCUT2D eigenvalue weighted by Gasteiger charge is -2.15. The minimum absolute atomic E-state index is 0.00332. The van der Waals surface area contributed by atoms with Crippen molar-refractivity contribution in [3.8, 4) is 91.2 Å². The smallest absolute Gasteiger partial charge is 0.238 e. The standard InChI is InChI=1S/C27H21ClFN3O3.C26H22ClFN4O3.C26H20ClFN4O3.C25H21ClFN5O3/c1-2-12-32-15-20(18-7-9-19(29)10-8-18)27(34)21(16-32)23(33)13-17-6-11-25(31-14-17)35-24-5-3-4-22(30)26(24)28;1-15(2)32-13-19(16-6-8-17(28)9-7-16)26(34)20(14-32)22(33)12-18-10-11-24(31-30-18)35-23-5-3-4-21(29)25(23)27;1-2-12-32-15-19(26(34)25(31-32)17-7-9-18(28)10-8-17)21(33)13-16-6-11-23(30-14-16)35-22-5-3-4-20(29)24(22)27;1-14(2)32-13-18(15-6-8-16(27)9-7-15)25(34)24(31-32)20(33)12-17-10-11-22(30-29-17)35-21-5-3-4-19(28)23(21)26/h2-11,14-16H,1,12-13,30H2;3-11,13-15H,12,29H2,1-2H3;2-11,14-15H,1,12-13,29H2;3-11,13-14H,12,28H2,1-2H3. The molecular weight excluding hydrogens is 1880 g/mol. The first-order valence-electron chi connectivity index (χ1n) is 42.7. The van der Waals surface area contributed by atoms with Crippen LogP contribution in [0.5, 0.6) is 46.5 Å². The molecule has 8 aromatic carbocycles. The van der Waals surface area contributed by atoms with Gasteiger partial charge in [0.05, 0.1) is 70.2 Å². The van der Waals surface area contributed by atoms with Crippen molar-refractivity contribution in [3.05, 3.63) is 422 Å². The summed E-state index contributed by atoms with van der Waals surface area (Å²) in [6.07, 6.45) is 15.1. The quantitative estimate of drug-likeness (QED) is 0.0141. The Hall–Kier alpha value is -16.7. The summed E-state index contributed by atoms with van der Waals surface area (Å²) in [5.74, 6) is -1.13. The summed E-state index contributed by atoms with van der Waals surface area (Å²) in [6.45, 7) is 15.7. The molecule has 8 aromatic heterocycles. The van der Waals surface area contributed by atoms with Crippen LogP contribution in [0.2, 0.25) is 20.1 Å². The number of carbonyl (C=O) groups excluding carboxylic acids is 4. The first kappa shape index (κ1) is 101. The Labute approximate surface area is 817 Å². The zero-order chi connectivity index (χ0) is 100. The molecule has 36 heteroatoms. The zero-order valence-electron chi connectivity index (χ0n) is 75.0. The second-order valence-corrected chi connectivity index (χ2v) is 33.1. The van der Waals surface area contributed by atoms with Crippen LogP contribution in [-0.2, 0) is 38.8 Å². The second kappa shape index (κ2) is 46.2. The van der Waals surface area contributed by atoms with E-state index in [9.17, 15) is 55.9 Å². The van der Waals surface area contributed by atoms with Crippen LogP contribution >= 0.6 is 46.4 Å².